The summed E-state index contributed by atoms with van der Waals surface area (Å²) in [5.74, 6) is 1.22. The molecule has 1 rings (SSSR count). The number of hydrogen-bond acceptors (Lipinski definition) is 3. The van der Waals surface area contributed by atoms with Gasteiger partial charge in [-0.25, -0.2) is 0 Å². The van der Waals surface area contributed by atoms with Gasteiger partial charge in [-0.2, -0.15) is 0 Å². The molecule has 0 bridgehead atoms. The Kier molecular flexibility index (Phi) is 5.05. The minimum absolute atomic E-state index is 0.184. The fourth-order valence-corrected chi connectivity index (χ4v) is 2.01. The van der Waals surface area contributed by atoms with Crippen molar-refractivity contribution in [1.29, 1.82) is 0 Å². The van der Waals surface area contributed by atoms with Crippen molar-refractivity contribution in [2.45, 2.75) is 20.3 Å². The maximum absolute atomic E-state index is 11.6. The molecule has 0 aliphatic carbocycles. The molecule has 0 spiro atoms. The Hall–Kier alpha value is -0.610. The number of likely N-dealkylation sites (tertiary alicyclic amines) is 1. The van der Waals surface area contributed by atoms with E-state index < -0.39 is 0 Å². The molecule has 0 aromatic rings. The maximum atomic E-state index is 11.6. The zero-order valence-electron chi connectivity index (χ0n) is 9.74. The molecule has 88 valence electrons. The van der Waals surface area contributed by atoms with Gasteiger partial charge in [-0.3, -0.25) is 4.79 Å². The van der Waals surface area contributed by atoms with Crippen LogP contribution in [-0.4, -0.2) is 43.7 Å². The number of hydrogen-bond donors (Lipinski definition) is 1. The molecule has 2 N–H and O–H groups in total. The SMILES string of the molecule is CCOC[C@@H]1CN(C(=O)CCN)C[C@H]1C. The molecule has 0 unspecified atom stereocenters. The van der Waals surface area contributed by atoms with E-state index in [1.165, 1.54) is 0 Å². The van der Waals surface area contributed by atoms with Crippen LogP contribution in [0, 0.1) is 11.8 Å². The van der Waals surface area contributed by atoms with Crippen LogP contribution in [0.1, 0.15) is 20.3 Å². The Balaban J connectivity index is 2.37. The molecule has 4 nitrogen and oxygen atoms in total. The summed E-state index contributed by atoms with van der Waals surface area (Å²) in [6, 6.07) is 0. The van der Waals surface area contributed by atoms with Crippen LogP contribution >= 0.6 is 0 Å². The van der Waals surface area contributed by atoms with Crippen LogP contribution in [-0.2, 0) is 9.53 Å². The smallest absolute Gasteiger partial charge is 0.223 e. The van der Waals surface area contributed by atoms with Crippen LogP contribution in [0.4, 0.5) is 0 Å². The highest BCUT2D eigenvalue weighted by Crippen LogP contribution is 2.23. The normalized spacial score (nSPS) is 25.9. The number of amides is 1. The molecule has 1 aliphatic rings. The average Bonchev–Trinajstić information content (AvgIpc) is 2.57. The van der Waals surface area contributed by atoms with E-state index in [0.717, 1.165) is 26.3 Å². The lowest BCUT2D eigenvalue weighted by Gasteiger charge is -2.15. The first-order chi connectivity index (χ1) is 7.19. The van der Waals surface area contributed by atoms with Gasteiger partial charge in [0.1, 0.15) is 0 Å². The Morgan fingerprint density at radius 2 is 2.27 bits per heavy atom. The lowest BCUT2D eigenvalue weighted by Crippen LogP contribution is -2.30. The summed E-state index contributed by atoms with van der Waals surface area (Å²) >= 11 is 0. The van der Waals surface area contributed by atoms with E-state index in [9.17, 15) is 4.79 Å². The minimum atomic E-state index is 0.184. The second kappa shape index (κ2) is 6.08. The average molecular weight is 214 g/mol. The summed E-state index contributed by atoms with van der Waals surface area (Å²) in [6.07, 6.45) is 0.466. The fourth-order valence-electron chi connectivity index (χ4n) is 2.01. The summed E-state index contributed by atoms with van der Waals surface area (Å²) in [5, 5.41) is 0. The molecule has 0 aromatic carbocycles. The molecule has 1 fully saturated rings. The van der Waals surface area contributed by atoms with E-state index in [2.05, 4.69) is 6.92 Å². The van der Waals surface area contributed by atoms with Crippen LogP contribution in [0.2, 0.25) is 0 Å². The van der Waals surface area contributed by atoms with Gasteiger partial charge < -0.3 is 15.4 Å². The Morgan fingerprint density at radius 1 is 1.53 bits per heavy atom. The molecule has 4 heteroatoms. The molecular formula is C11H22N2O2. The van der Waals surface area contributed by atoms with Crippen molar-refractivity contribution in [2.75, 3.05) is 32.8 Å². The first-order valence-corrected chi connectivity index (χ1v) is 5.74. The zero-order valence-corrected chi connectivity index (χ0v) is 9.74. The van der Waals surface area contributed by atoms with E-state index in [-0.39, 0.29) is 5.91 Å². The van der Waals surface area contributed by atoms with Crippen LogP contribution < -0.4 is 5.73 Å². The topological polar surface area (TPSA) is 55.6 Å². The summed E-state index contributed by atoms with van der Waals surface area (Å²) in [4.78, 5) is 13.5. The number of ether oxygens (including phenoxy) is 1. The Labute approximate surface area is 91.8 Å². The predicted octanol–water partition coefficient (Wildman–Crippen LogP) is 0.466. The van der Waals surface area contributed by atoms with Gasteiger partial charge in [0.2, 0.25) is 5.91 Å². The van der Waals surface area contributed by atoms with Gasteiger partial charge in [-0.05, 0) is 12.8 Å². The molecule has 0 aromatic heterocycles. The third kappa shape index (κ3) is 3.47. The predicted molar refractivity (Wildman–Crippen MR) is 59.4 cm³/mol. The first kappa shape index (κ1) is 12.5. The highest BCUT2D eigenvalue weighted by atomic mass is 16.5. The van der Waals surface area contributed by atoms with Crippen molar-refractivity contribution < 1.29 is 9.53 Å². The van der Waals surface area contributed by atoms with Gasteiger partial charge in [-0.1, -0.05) is 6.92 Å². The minimum Gasteiger partial charge on any atom is -0.381 e. The summed E-state index contributed by atoms with van der Waals surface area (Å²) in [7, 11) is 0. The number of nitrogens with two attached hydrogens (primary N) is 1. The van der Waals surface area contributed by atoms with Gasteiger partial charge in [0.25, 0.3) is 0 Å². The third-order valence-corrected chi connectivity index (χ3v) is 3.01. The second-order valence-electron chi connectivity index (χ2n) is 4.23. The van der Waals surface area contributed by atoms with E-state index in [1.807, 2.05) is 11.8 Å². The molecular weight excluding hydrogens is 192 g/mol. The number of carbonyl (C=O) groups is 1. The van der Waals surface area contributed by atoms with Crippen molar-refractivity contribution in [3.05, 3.63) is 0 Å². The van der Waals surface area contributed by atoms with Crippen LogP contribution in [0.25, 0.3) is 0 Å². The standard InChI is InChI=1S/C11H22N2O2/c1-3-15-8-10-7-13(6-9(10)2)11(14)4-5-12/h9-10H,3-8,12H2,1-2H3/t9-,10+/m1/s1. The fraction of sp³-hybridized carbons (Fsp3) is 0.909. The Bertz CT molecular complexity index is 209. The van der Waals surface area contributed by atoms with Crippen molar-refractivity contribution in [3.8, 4) is 0 Å². The quantitative estimate of drug-likeness (QED) is 0.723. The van der Waals surface area contributed by atoms with E-state index in [4.69, 9.17) is 10.5 Å². The molecule has 0 saturated carbocycles. The molecule has 0 radical (unpaired) electrons. The molecule has 15 heavy (non-hydrogen) atoms. The van der Waals surface area contributed by atoms with Gasteiger partial charge in [0, 0.05) is 38.6 Å². The van der Waals surface area contributed by atoms with Crippen LogP contribution in [0.15, 0.2) is 0 Å². The van der Waals surface area contributed by atoms with Gasteiger partial charge in [0.05, 0.1) is 6.61 Å². The van der Waals surface area contributed by atoms with Gasteiger partial charge in [-0.15, -0.1) is 0 Å². The summed E-state index contributed by atoms with van der Waals surface area (Å²) in [5.41, 5.74) is 5.37. The van der Waals surface area contributed by atoms with Crippen molar-refractivity contribution in [3.63, 3.8) is 0 Å². The molecule has 2 atom stereocenters. The van der Waals surface area contributed by atoms with Crippen LogP contribution in [0.5, 0.6) is 0 Å². The van der Waals surface area contributed by atoms with Gasteiger partial charge >= 0.3 is 0 Å². The van der Waals surface area contributed by atoms with Crippen molar-refractivity contribution in [2.24, 2.45) is 17.6 Å². The molecule has 1 heterocycles. The monoisotopic (exact) mass is 214 g/mol. The van der Waals surface area contributed by atoms with E-state index in [1.54, 1.807) is 0 Å². The number of carbonyl (C=O) groups excluding carboxylic acids is 1. The lowest BCUT2D eigenvalue weighted by molar-refractivity contribution is -0.130. The lowest BCUT2D eigenvalue weighted by atomic mass is 9.99. The Morgan fingerprint density at radius 3 is 2.87 bits per heavy atom. The van der Waals surface area contributed by atoms with Crippen molar-refractivity contribution >= 4 is 5.91 Å². The van der Waals surface area contributed by atoms with E-state index in [0.29, 0.717) is 24.8 Å². The first-order valence-electron chi connectivity index (χ1n) is 5.74. The third-order valence-electron chi connectivity index (χ3n) is 3.01. The summed E-state index contributed by atoms with van der Waals surface area (Å²) < 4.78 is 5.41. The van der Waals surface area contributed by atoms with E-state index >= 15 is 0 Å². The highest BCUT2D eigenvalue weighted by Gasteiger charge is 2.31. The molecule has 1 saturated heterocycles. The van der Waals surface area contributed by atoms with Gasteiger partial charge in [0.15, 0.2) is 0 Å². The molecule has 1 amide bonds. The highest BCUT2D eigenvalue weighted by molar-refractivity contribution is 5.76. The summed E-state index contributed by atoms with van der Waals surface area (Å²) in [6.45, 7) is 7.83. The van der Waals surface area contributed by atoms with Crippen molar-refractivity contribution in [1.82, 2.24) is 4.90 Å². The van der Waals surface area contributed by atoms with Crippen LogP contribution in [0.3, 0.4) is 0 Å². The maximum Gasteiger partial charge on any atom is 0.223 e. The zero-order chi connectivity index (χ0) is 11.3. The molecule has 1 aliphatic heterocycles. The number of nitrogens with zero attached hydrogens (tertiary/aromatic N) is 1. The largest absolute Gasteiger partial charge is 0.381 e. The second-order valence-corrected chi connectivity index (χ2v) is 4.23. The number of rotatable bonds is 5.